The van der Waals surface area contributed by atoms with E-state index in [2.05, 4.69) is 15.4 Å². The first-order chi connectivity index (χ1) is 9.70. The number of carboxylic acids is 1. The van der Waals surface area contributed by atoms with E-state index >= 15 is 0 Å². The number of anilines is 1. The van der Waals surface area contributed by atoms with Gasteiger partial charge in [0.2, 0.25) is 10.0 Å². The van der Waals surface area contributed by atoms with Crippen molar-refractivity contribution < 1.29 is 28.2 Å². The molecule has 1 aromatic carbocycles. The lowest BCUT2D eigenvalue weighted by atomic mass is 10.2. The maximum atomic E-state index is 11.5. The number of nitrogens with one attached hydrogen (secondary N) is 3. The second-order valence-corrected chi connectivity index (χ2v) is 5.89. The summed E-state index contributed by atoms with van der Waals surface area (Å²) >= 11 is 0. The number of sulfonamides is 1. The summed E-state index contributed by atoms with van der Waals surface area (Å²) in [7, 11) is -3.33. The zero-order valence-electron chi connectivity index (χ0n) is 11.1. The topological polar surface area (TPSA) is 145 Å². The predicted molar refractivity (Wildman–Crippen MR) is 74.9 cm³/mol. The monoisotopic (exact) mass is 317 g/mol. The third kappa shape index (κ3) is 5.67. The Morgan fingerprint density at radius 1 is 1.24 bits per heavy atom. The number of aromatic hydroxyl groups is 1. The summed E-state index contributed by atoms with van der Waals surface area (Å²) in [5, 5.41) is 23.1. The fourth-order valence-electron chi connectivity index (χ4n) is 1.40. The largest absolute Gasteiger partial charge is 0.505 e. The first-order valence-electron chi connectivity index (χ1n) is 5.75. The third-order valence-corrected chi connectivity index (χ3v) is 3.02. The highest BCUT2D eigenvalue weighted by Crippen LogP contribution is 2.27. The van der Waals surface area contributed by atoms with Crippen molar-refractivity contribution >= 4 is 27.7 Å². The SMILES string of the molecule is CS(=O)(=O)NCCNC(=O)Nc1cccc(C(=O)O)c1O. The number of rotatable bonds is 6. The Morgan fingerprint density at radius 3 is 2.48 bits per heavy atom. The maximum absolute atomic E-state index is 11.5. The number of phenols is 1. The van der Waals surface area contributed by atoms with Gasteiger partial charge < -0.3 is 20.8 Å². The highest BCUT2D eigenvalue weighted by Gasteiger charge is 2.14. The Labute approximate surface area is 121 Å². The van der Waals surface area contributed by atoms with E-state index in [1.165, 1.54) is 18.2 Å². The summed E-state index contributed by atoms with van der Waals surface area (Å²) in [6.07, 6.45) is 0.989. The molecule has 0 saturated carbocycles. The van der Waals surface area contributed by atoms with Gasteiger partial charge in [0.25, 0.3) is 0 Å². The summed E-state index contributed by atoms with van der Waals surface area (Å²) in [4.78, 5) is 22.3. The molecule has 0 saturated heterocycles. The zero-order chi connectivity index (χ0) is 16.0. The molecular weight excluding hydrogens is 302 g/mol. The highest BCUT2D eigenvalue weighted by atomic mass is 32.2. The van der Waals surface area contributed by atoms with Crippen molar-refractivity contribution in [2.75, 3.05) is 24.7 Å². The zero-order valence-corrected chi connectivity index (χ0v) is 11.9. The number of hydrogen-bond donors (Lipinski definition) is 5. The molecule has 2 amide bonds. The van der Waals surface area contributed by atoms with E-state index in [9.17, 15) is 23.1 Å². The lowest BCUT2D eigenvalue weighted by Crippen LogP contribution is -2.36. The van der Waals surface area contributed by atoms with Crippen LogP contribution in [0.5, 0.6) is 5.75 Å². The fourth-order valence-corrected chi connectivity index (χ4v) is 1.87. The molecule has 0 fully saturated rings. The molecule has 9 nitrogen and oxygen atoms in total. The number of carboxylic acid groups (broad SMARTS) is 1. The minimum absolute atomic E-state index is 0.00734. The average Bonchev–Trinajstić information content (AvgIpc) is 2.36. The smallest absolute Gasteiger partial charge is 0.339 e. The number of carbonyl (C=O) groups is 2. The molecule has 0 aliphatic rings. The molecule has 0 aliphatic carbocycles. The number of urea groups is 1. The molecule has 10 heteroatoms. The van der Waals surface area contributed by atoms with Gasteiger partial charge in [-0.2, -0.15) is 0 Å². The lowest BCUT2D eigenvalue weighted by Gasteiger charge is -2.10. The van der Waals surface area contributed by atoms with Crippen LogP contribution in [0, 0.1) is 0 Å². The van der Waals surface area contributed by atoms with E-state index in [0.717, 1.165) is 6.26 Å². The van der Waals surface area contributed by atoms with Gasteiger partial charge in [-0.3, -0.25) is 0 Å². The van der Waals surface area contributed by atoms with Crippen molar-refractivity contribution in [1.82, 2.24) is 10.0 Å². The van der Waals surface area contributed by atoms with E-state index in [-0.39, 0.29) is 24.3 Å². The molecule has 0 heterocycles. The highest BCUT2D eigenvalue weighted by molar-refractivity contribution is 7.88. The van der Waals surface area contributed by atoms with Crippen LogP contribution < -0.4 is 15.4 Å². The Hall–Kier alpha value is -2.33. The predicted octanol–water partition coefficient (Wildman–Crippen LogP) is -0.239. The van der Waals surface area contributed by atoms with Crippen LogP contribution in [0.1, 0.15) is 10.4 Å². The van der Waals surface area contributed by atoms with Crippen LogP contribution in [0.3, 0.4) is 0 Å². The molecule has 116 valence electrons. The fraction of sp³-hybridized carbons (Fsp3) is 0.273. The average molecular weight is 317 g/mol. The molecule has 5 N–H and O–H groups in total. The van der Waals surface area contributed by atoms with Gasteiger partial charge in [0.1, 0.15) is 5.56 Å². The summed E-state index contributed by atoms with van der Waals surface area (Å²) in [5.74, 6) is -1.89. The molecule has 0 unspecified atom stereocenters. The molecule has 1 aromatic rings. The second-order valence-electron chi connectivity index (χ2n) is 4.05. The van der Waals surface area contributed by atoms with Gasteiger partial charge in [-0.05, 0) is 12.1 Å². The number of hydrogen-bond acceptors (Lipinski definition) is 5. The van der Waals surface area contributed by atoms with Crippen LogP contribution in [-0.4, -0.2) is 50.0 Å². The van der Waals surface area contributed by atoms with Crippen molar-refractivity contribution in [2.45, 2.75) is 0 Å². The van der Waals surface area contributed by atoms with Crippen LogP contribution in [0.4, 0.5) is 10.5 Å². The van der Waals surface area contributed by atoms with Crippen molar-refractivity contribution in [3.63, 3.8) is 0 Å². The molecule has 0 atom stereocenters. The van der Waals surface area contributed by atoms with Crippen LogP contribution in [-0.2, 0) is 10.0 Å². The van der Waals surface area contributed by atoms with E-state index < -0.39 is 27.8 Å². The van der Waals surface area contributed by atoms with Gasteiger partial charge in [0.05, 0.1) is 11.9 Å². The van der Waals surface area contributed by atoms with Crippen LogP contribution in [0.2, 0.25) is 0 Å². The van der Waals surface area contributed by atoms with E-state index in [0.29, 0.717) is 0 Å². The van der Waals surface area contributed by atoms with Gasteiger partial charge in [-0.1, -0.05) is 6.07 Å². The van der Waals surface area contributed by atoms with Crippen molar-refractivity contribution in [3.05, 3.63) is 23.8 Å². The Balaban J connectivity index is 2.56. The lowest BCUT2D eigenvalue weighted by molar-refractivity contribution is 0.0693. The Bertz CT molecular complexity index is 643. The third-order valence-electron chi connectivity index (χ3n) is 2.29. The van der Waals surface area contributed by atoms with Gasteiger partial charge in [0, 0.05) is 13.1 Å². The van der Waals surface area contributed by atoms with Crippen LogP contribution in [0.15, 0.2) is 18.2 Å². The number of carbonyl (C=O) groups excluding carboxylic acids is 1. The maximum Gasteiger partial charge on any atom is 0.339 e. The summed E-state index contributed by atoms with van der Waals surface area (Å²) in [6.45, 7) is 0.0334. The Morgan fingerprint density at radius 2 is 1.90 bits per heavy atom. The first-order valence-corrected chi connectivity index (χ1v) is 7.64. The molecule has 0 radical (unpaired) electrons. The van der Waals surface area contributed by atoms with E-state index in [4.69, 9.17) is 5.11 Å². The summed E-state index contributed by atoms with van der Waals surface area (Å²) < 4.78 is 23.7. The van der Waals surface area contributed by atoms with Crippen molar-refractivity contribution in [3.8, 4) is 5.75 Å². The van der Waals surface area contributed by atoms with Crippen molar-refractivity contribution in [1.29, 1.82) is 0 Å². The molecule has 0 aromatic heterocycles. The van der Waals surface area contributed by atoms with Crippen LogP contribution >= 0.6 is 0 Å². The molecule has 0 aliphatic heterocycles. The van der Waals surface area contributed by atoms with E-state index in [1.807, 2.05) is 0 Å². The molecular formula is C11H15N3O6S. The number of amides is 2. The van der Waals surface area contributed by atoms with E-state index in [1.54, 1.807) is 0 Å². The molecule has 0 bridgehead atoms. The Kier molecular flexibility index (Phi) is 5.50. The summed E-state index contributed by atoms with van der Waals surface area (Å²) in [6, 6.07) is 3.18. The number of aromatic carboxylic acids is 1. The van der Waals surface area contributed by atoms with Crippen LogP contribution in [0.25, 0.3) is 0 Å². The first kappa shape index (κ1) is 16.7. The van der Waals surface area contributed by atoms with Gasteiger partial charge in [-0.15, -0.1) is 0 Å². The minimum Gasteiger partial charge on any atom is -0.505 e. The number of para-hydroxylation sites is 1. The second kappa shape index (κ2) is 6.90. The van der Waals surface area contributed by atoms with Gasteiger partial charge >= 0.3 is 12.0 Å². The molecule has 1 rings (SSSR count). The standard InChI is InChI=1S/C11H15N3O6S/c1-21(19,20)13-6-5-12-11(18)14-8-4-2-3-7(9(8)15)10(16)17/h2-4,13,15H,5-6H2,1H3,(H,16,17)(H2,12,14,18). The van der Waals surface area contributed by atoms with Crippen molar-refractivity contribution in [2.24, 2.45) is 0 Å². The van der Waals surface area contributed by atoms with Gasteiger partial charge in [-0.25, -0.2) is 22.7 Å². The minimum atomic E-state index is -3.33. The van der Waals surface area contributed by atoms with Gasteiger partial charge in [0.15, 0.2) is 5.75 Å². The normalized spacial score (nSPS) is 10.9. The molecule has 21 heavy (non-hydrogen) atoms. The summed E-state index contributed by atoms with van der Waals surface area (Å²) in [5.41, 5.74) is -0.407. The molecule has 0 spiro atoms. The number of benzene rings is 1. The quantitative estimate of drug-likeness (QED) is 0.362.